The van der Waals surface area contributed by atoms with E-state index < -0.39 is 63.7 Å². The van der Waals surface area contributed by atoms with Crippen LogP contribution in [0.1, 0.15) is 62.8 Å². The minimum absolute atomic E-state index is 0.00409. The summed E-state index contributed by atoms with van der Waals surface area (Å²) in [5.74, 6) is -1.48. The van der Waals surface area contributed by atoms with Crippen LogP contribution in [0, 0.1) is 0 Å². The molecule has 436 valence electrons. The van der Waals surface area contributed by atoms with Gasteiger partial charge in [0.2, 0.25) is 11.8 Å². The average Bonchev–Trinajstić information content (AvgIpc) is 3.53. The van der Waals surface area contributed by atoms with E-state index in [1.807, 2.05) is 127 Å². The minimum Gasteiger partial charge on any atom is -0.440 e. The highest BCUT2D eigenvalue weighted by Gasteiger charge is 2.57. The van der Waals surface area contributed by atoms with Crippen LogP contribution < -0.4 is 10.1 Å². The second kappa shape index (κ2) is 32.8. The molecule has 5 aromatic carbocycles. The molecule has 1 aliphatic rings. The highest BCUT2D eigenvalue weighted by atomic mass is 32.1. The van der Waals surface area contributed by atoms with Crippen molar-refractivity contribution in [3.8, 4) is 5.75 Å². The summed E-state index contributed by atoms with van der Waals surface area (Å²) in [4.78, 5) is 13.7. The number of hydrogen-bond acceptors (Lipinski definition) is 17. The summed E-state index contributed by atoms with van der Waals surface area (Å²) >= 11 is 5.70. The monoisotopic (exact) mass is 1160 g/mol. The molecule has 1 N–H and O–H groups in total. The molecule has 80 heavy (non-hydrogen) atoms. The van der Waals surface area contributed by atoms with Crippen LogP contribution in [0.5, 0.6) is 5.75 Å². The van der Waals surface area contributed by atoms with Crippen LogP contribution in [0.4, 0.5) is 0 Å². The number of para-hydroxylation sites is 1. The summed E-state index contributed by atoms with van der Waals surface area (Å²) < 4.78 is 105. The molecule has 1 amide bonds. The molecule has 6 rings (SSSR count). The molecule has 0 saturated carbocycles. The van der Waals surface area contributed by atoms with Crippen LogP contribution in [0.25, 0.3) is 0 Å². The van der Waals surface area contributed by atoms with E-state index in [0.29, 0.717) is 5.75 Å². The summed E-state index contributed by atoms with van der Waals surface area (Å²) in [7, 11) is -4.39. The van der Waals surface area contributed by atoms with E-state index in [1.165, 1.54) is 21.1 Å². The maximum atomic E-state index is 15.0. The van der Waals surface area contributed by atoms with Gasteiger partial charge in [0, 0.05) is 46.2 Å². The molecule has 1 aliphatic heterocycles. The molecule has 1 heterocycles. The number of nitrogens with one attached hydrogen (secondary N) is 1. The van der Waals surface area contributed by atoms with Crippen LogP contribution in [0.15, 0.2) is 152 Å². The first kappa shape index (κ1) is 64.4. The topological polar surface area (TPSA) is 175 Å². The van der Waals surface area contributed by atoms with Crippen LogP contribution in [0.3, 0.4) is 0 Å². The molecule has 5 aromatic rings. The molecule has 0 aromatic heterocycles. The zero-order chi connectivity index (χ0) is 57.3. The first-order valence-corrected chi connectivity index (χ1v) is 31.6. The van der Waals surface area contributed by atoms with Gasteiger partial charge in [-0.2, -0.15) is 0 Å². The summed E-state index contributed by atoms with van der Waals surface area (Å²) in [6, 6.07) is 46.6. The molecule has 7 atom stereocenters. The fourth-order valence-electron chi connectivity index (χ4n) is 8.54. The van der Waals surface area contributed by atoms with Gasteiger partial charge in [-0.25, -0.2) is 0 Å². The Morgan fingerprint density at radius 1 is 0.688 bits per heavy atom. The zero-order valence-corrected chi connectivity index (χ0v) is 50.0. The quantitative estimate of drug-likeness (QED) is 0.0135. The van der Waals surface area contributed by atoms with Crippen molar-refractivity contribution in [1.82, 2.24) is 5.32 Å². The number of carbonyl (C=O) groups excluding carboxylic acids is 1. The minimum atomic E-state index is -4.25. The van der Waals surface area contributed by atoms with Gasteiger partial charge >= 0.3 is 12.8 Å². The lowest BCUT2D eigenvalue weighted by Gasteiger charge is -2.52. The zero-order valence-electron chi connectivity index (χ0n) is 47.3. The standard InChI is InChI=1S/C60H80NO16PSSi/c1-46(62)61-55-52(71-43-67-37-48-26-16-10-17-27-48)34-60(41-74-80(7,8)59(2,3)4,35-54(78(63,64-5)65-6)76-58(79)75-51-32-22-13-23-33-51)77-57(55)56(73-45-69-39-50-30-20-12-21-31-50)53(72-44-68-38-49-28-18-11-19-29-49)40-70-42-66-36-47-24-14-9-15-25-47/h9-33,52-57H,34-45H2,1-8H3,(H,61,62)/t52-,53+,54?,55+,56+,57+,60+/m0/s1. The van der Waals surface area contributed by atoms with Crippen molar-refractivity contribution in [2.45, 2.75) is 127 Å². The highest BCUT2D eigenvalue weighted by Crippen LogP contribution is 2.56. The summed E-state index contributed by atoms with van der Waals surface area (Å²) in [5.41, 5.74) is 2.17. The Morgan fingerprint density at radius 2 is 1.15 bits per heavy atom. The van der Waals surface area contributed by atoms with E-state index in [1.54, 1.807) is 24.3 Å². The first-order valence-electron chi connectivity index (χ1n) is 26.6. The molecule has 0 spiro atoms. The number of carbonyl (C=O) groups is 1. The molecule has 1 unspecified atom stereocenters. The predicted octanol–water partition coefficient (Wildman–Crippen LogP) is 11.5. The van der Waals surface area contributed by atoms with Crippen LogP contribution in [-0.2, 0) is 96.6 Å². The Labute approximate surface area is 478 Å². The van der Waals surface area contributed by atoms with Crippen LogP contribution >= 0.6 is 19.8 Å². The first-order chi connectivity index (χ1) is 38.5. The van der Waals surface area contributed by atoms with E-state index in [4.69, 9.17) is 77.8 Å². The average molecular weight is 1160 g/mol. The van der Waals surface area contributed by atoms with Gasteiger partial charge in [0.25, 0.3) is 0 Å². The number of hydrogen-bond donors (Lipinski definition) is 1. The van der Waals surface area contributed by atoms with Gasteiger partial charge in [-0.3, -0.25) is 9.36 Å². The smallest absolute Gasteiger partial charge is 0.370 e. The molecule has 0 aliphatic carbocycles. The fraction of sp³-hybridized carbons (Fsp3) is 0.467. The largest absolute Gasteiger partial charge is 0.440 e. The Balaban J connectivity index is 1.47. The molecule has 17 nitrogen and oxygen atoms in total. The van der Waals surface area contributed by atoms with E-state index in [0.717, 1.165) is 22.3 Å². The third kappa shape index (κ3) is 20.9. The molecule has 0 radical (unpaired) electrons. The van der Waals surface area contributed by atoms with Gasteiger partial charge in [0.05, 0.1) is 57.4 Å². The third-order valence-corrected chi connectivity index (χ3v) is 20.5. The Kier molecular flexibility index (Phi) is 26.4. The van der Waals surface area contributed by atoms with E-state index in [2.05, 4.69) is 39.2 Å². The number of thiocarbonyl (C=S) groups is 1. The number of amides is 1. The van der Waals surface area contributed by atoms with Crippen molar-refractivity contribution < 1.29 is 74.9 Å². The van der Waals surface area contributed by atoms with Gasteiger partial charge in [-0.05, 0) is 52.5 Å². The molecule has 1 fully saturated rings. The third-order valence-electron chi connectivity index (χ3n) is 13.8. The van der Waals surface area contributed by atoms with Crippen molar-refractivity contribution in [1.29, 1.82) is 0 Å². The van der Waals surface area contributed by atoms with E-state index >= 15 is 0 Å². The van der Waals surface area contributed by atoms with Crippen molar-refractivity contribution in [3.63, 3.8) is 0 Å². The van der Waals surface area contributed by atoms with Crippen molar-refractivity contribution in [2.75, 3.05) is 54.6 Å². The Morgan fingerprint density at radius 3 is 1.62 bits per heavy atom. The molecule has 1 saturated heterocycles. The van der Waals surface area contributed by atoms with Crippen molar-refractivity contribution in [2.24, 2.45) is 0 Å². The van der Waals surface area contributed by atoms with Gasteiger partial charge in [-0.1, -0.05) is 160 Å². The lowest BCUT2D eigenvalue weighted by atomic mass is 9.82. The fourth-order valence-corrected chi connectivity index (χ4v) is 11.3. The lowest BCUT2D eigenvalue weighted by Crippen LogP contribution is -2.68. The molecular formula is C60H80NO16PSSi. The van der Waals surface area contributed by atoms with Gasteiger partial charge in [0.15, 0.2) is 8.32 Å². The Bertz CT molecular complexity index is 2580. The maximum Gasteiger partial charge on any atom is 0.370 e. The highest BCUT2D eigenvalue weighted by molar-refractivity contribution is 7.79. The van der Waals surface area contributed by atoms with Gasteiger partial charge < -0.3 is 70.9 Å². The number of benzene rings is 5. The lowest BCUT2D eigenvalue weighted by molar-refractivity contribution is -0.278. The van der Waals surface area contributed by atoms with Crippen LogP contribution in [0.2, 0.25) is 18.1 Å². The van der Waals surface area contributed by atoms with Crippen LogP contribution in [-0.4, -0.2) is 116 Å². The van der Waals surface area contributed by atoms with Gasteiger partial charge in [0.1, 0.15) is 51.2 Å². The summed E-state index contributed by atoms with van der Waals surface area (Å²) in [6.45, 7) is 11.9. The predicted molar refractivity (Wildman–Crippen MR) is 309 cm³/mol. The summed E-state index contributed by atoms with van der Waals surface area (Å²) in [5, 5.41) is 2.52. The van der Waals surface area contributed by atoms with Gasteiger partial charge in [-0.15, -0.1) is 0 Å². The maximum absolute atomic E-state index is 15.0. The second-order valence-corrected chi connectivity index (χ2v) is 28.3. The SMILES string of the molecule is COP(=O)(OC)C(C[C@@]1(CO[Si](C)(C)C(C)(C)C)C[C@H](OCOCc2ccccc2)[C@@H](NC(C)=O)[C@H]([C@H](OCOCc2ccccc2)[C@@H](COCOCc2ccccc2)OCOCc2ccccc2)O1)OC(=S)Oc1ccccc1. The normalized spacial score (nSPS) is 18.9. The Hall–Kier alpha value is -4.77. The van der Waals surface area contributed by atoms with E-state index in [-0.39, 0.29) is 89.9 Å². The second-order valence-electron chi connectivity index (χ2n) is 20.8. The van der Waals surface area contributed by atoms with E-state index in [9.17, 15) is 9.36 Å². The van der Waals surface area contributed by atoms with Crippen molar-refractivity contribution >= 4 is 39.3 Å². The summed E-state index contributed by atoms with van der Waals surface area (Å²) in [6.07, 6.45) is -4.58. The molecule has 0 bridgehead atoms. The number of ether oxygens (including phenoxy) is 11. The molecule has 20 heteroatoms. The van der Waals surface area contributed by atoms with Crippen molar-refractivity contribution in [3.05, 3.63) is 174 Å². The number of rotatable bonds is 34. The molecular weight excluding hydrogens is 1080 g/mol.